The minimum absolute atomic E-state index is 0.0355. The normalized spacial score (nSPS) is 19.7. The van der Waals surface area contributed by atoms with Gasteiger partial charge in [0.2, 0.25) is 0 Å². The van der Waals surface area contributed by atoms with Gasteiger partial charge in [0.05, 0.1) is 24.8 Å². The van der Waals surface area contributed by atoms with Crippen LogP contribution in [0.2, 0.25) is 0 Å². The average molecular weight is 450 g/mol. The van der Waals surface area contributed by atoms with Gasteiger partial charge in [-0.25, -0.2) is 0 Å². The second kappa shape index (κ2) is 9.79. The number of rotatable bonds is 5. The third-order valence-corrected chi connectivity index (χ3v) is 5.42. The van der Waals surface area contributed by atoms with Crippen molar-refractivity contribution in [1.82, 2.24) is 0 Å². The Labute approximate surface area is 189 Å². The van der Waals surface area contributed by atoms with Crippen molar-refractivity contribution in [2.75, 3.05) is 48.0 Å². The number of nitrogens with zero attached hydrogens (tertiary/aromatic N) is 3. The van der Waals surface area contributed by atoms with E-state index in [9.17, 15) is 19.5 Å². The maximum Gasteiger partial charge on any atom is 0.259 e. The number of anilines is 3. The number of carbonyl (C=O) groups is 3. The lowest BCUT2D eigenvalue weighted by Crippen LogP contribution is -2.55. The number of amides is 3. The largest absolute Gasteiger partial charge is 0.380 e. The molecular formula is C23H22N4O6. The highest BCUT2D eigenvalue weighted by Gasteiger charge is 2.39. The maximum absolute atomic E-state index is 13.0. The molecule has 2 atom stereocenters. The predicted molar refractivity (Wildman–Crippen MR) is 118 cm³/mol. The number of hydrogen-bond donors (Lipinski definition) is 2. The maximum atomic E-state index is 13.0. The van der Waals surface area contributed by atoms with Crippen molar-refractivity contribution in [3.8, 4) is 6.07 Å². The lowest BCUT2D eigenvalue weighted by Gasteiger charge is -2.34. The summed E-state index contributed by atoms with van der Waals surface area (Å²) in [6.07, 6.45) is -3.08. The fraction of sp³-hybridized carbons (Fsp3) is 0.304. The molecule has 10 nitrogen and oxygen atoms in total. The van der Waals surface area contributed by atoms with Gasteiger partial charge in [0.25, 0.3) is 17.7 Å². The molecule has 2 aromatic carbocycles. The second-order valence-corrected chi connectivity index (χ2v) is 7.52. The molecule has 33 heavy (non-hydrogen) atoms. The van der Waals surface area contributed by atoms with Crippen LogP contribution in [0.4, 0.5) is 17.1 Å². The summed E-state index contributed by atoms with van der Waals surface area (Å²) >= 11 is 0. The number of nitrogens with one attached hydrogen (secondary N) is 1. The Morgan fingerprint density at radius 3 is 2.30 bits per heavy atom. The summed E-state index contributed by atoms with van der Waals surface area (Å²) in [4.78, 5) is 40.6. The van der Waals surface area contributed by atoms with Crippen LogP contribution in [0.25, 0.3) is 0 Å². The van der Waals surface area contributed by atoms with E-state index >= 15 is 0 Å². The van der Waals surface area contributed by atoms with Gasteiger partial charge < -0.3 is 29.7 Å². The van der Waals surface area contributed by atoms with Crippen molar-refractivity contribution in [2.24, 2.45) is 0 Å². The van der Waals surface area contributed by atoms with Crippen LogP contribution in [0.1, 0.15) is 5.56 Å². The molecule has 0 aliphatic carbocycles. The molecule has 2 aromatic rings. The SMILES string of the molecule is N#Cc1ccc(NC(=O)[C@H](O)[C@H]2OCCN(c3ccc(N4CCOCC4=O)cc3)C2=O)cc1. The molecule has 0 aromatic heterocycles. The minimum Gasteiger partial charge on any atom is -0.380 e. The van der Waals surface area contributed by atoms with Crippen molar-refractivity contribution in [3.63, 3.8) is 0 Å². The Balaban J connectivity index is 1.43. The Morgan fingerprint density at radius 2 is 1.67 bits per heavy atom. The summed E-state index contributed by atoms with van der Waals surface area (Å²) < 4.78 is 10.6. The summed E-state index contributed by atoms with van der Waals surface area (Å²) in [7, 11) is 0. The molecule has 0 saturated carbocycles. The van der Waals surface area contributed by atoms with Crippen molar-refractivity contribution in [2.45, 2.75) is 12.2 Å². The fourth-order valence-electron chi connectivity index (χ4n) is 3.67. The van der Waals surface area contributed by atoms with E-state index in [-0.39, 0.29) is 25.7 Å². The Bertz CT molecular complexity index is 1080. The standard InChI is InChI=1S/C23H22N4O6/c24-13-15-1-3-16(4-2-15)25-22(30)20(29)21-23(31)27(10-12-33-21)18-7-5-17(6-8-18)26-9-11-32-14-19(26)28/h1-8,20-21,29H,9-12,14H2,(H,25,30)/t20-,21-/m1/s1. The monoisotopic (exact) mass is 450 g/mol. The van der Waals surface area contributed by atoms with Gasteiger partial charge in [-0.05, 0) is 48.5 Å². The van der Waals surface area contributed by atoms with Gasteiger partial charge in [0, 0.05) is 30.2 Å². The van der Waals surface area contributed by atoms with E-state index in [1.54, 1.807) is 29.2 Å². The van der Waals surface area contributed by atoms with Gasteiger partial charge in [-0.2, -0.15) is 5.26 Å². The van der Waals surface area contributed by atoms with Gasteiger partial charge in [-0.15, -0.1) is 0 Å². The van der Waals surface area contributed by atoms with E-state index in [0.717, 1.165) is 0 Å². The van der Waals surface area contributed by atoms with Gasteiger partial charge in [-0.3, -0.25) is 14.4 Å². The number of carbonyl (C=O) groups excluding carboxylic acids is 3. The van der Waals surface area contributed by atoms with Gasteiger partial charge in [-0.1, -0.05) is 0 Å². The minimum atomic E-state index is -1.72. The summed E-state index contributed by atoms with van der Waals surface area (Å²) in [5.41, 5.74) is 2.08. The highest BCUT2D eigenvalue weighted by molar-refractivity contribution is 6.04. The molecule has 2 aliphatic heterocycles. The van der Waals surface area contributed by atoms with Crippen LogP contribution >= 0.6 is 0 Å². The van der Waals surface area contributed by atoms with E-state index in [1.807, 2.05) is 6.07 Å². The molecule has 2 fully saturated rings. The first kappa shape index (κ1) is 22.4. The third-order valence-electron chi connectivity index (χ3n) is 5.42. The molecule has 4 rings (SSSR count). The van der Waals surface area contributed by atoms with Gasteiger partial charge in [0.15, 0.2) is 12.2 Å². The lowest BCUT2D eigenvalue weighted by molar-refractivity contribution is -0.150. The van der Waals surface area contributed by atoms with Crippen molar-refractivity contribution >= 4 is 34.8 Å². The molecule has 10 heteroatoms. The first-order chi connectivity index (χ1) is 16.0. The molecule has 2 N–H and O–H groups in total. The summed E-state index contributed by atoms with van der Waals surface area (Å²) in [6.45, 7) is 1.35. The molecule has 0 radical (unpaired) electrons. The Hall–Kier alpha value is -3.78. The summed E-state index contributed by atoms with van der Waals surface area (Å²) in [5.74, 6) is -1.46. The van der Waals surface area contributed by atoms with E-state index in [2.05, 4.69) is 5.32 Å². The number of nitriles is 1. The zero-order chi connectivity index (χ0) is 23.4. The number of benzene rings is 2. The number of morpholine rings is 2. The lowest BCUT2D eigenvalue weighted by atomic mass is 10.1. The summed E-state index contributed by atoms with van der Waals surface area (Å²) in [6, 6.07) is 15.0. The van der Waals surface area contributed by atoms with Crippen LogP contribution in [0.3, 0.4) is 0 Å². The van der Waals surface area contributed by atoms with E-state index in [1.165, 1.54) is 29.2 Å². The number of aliphatic hydroxyl groups excluding tert-OH is 1. The van der Waals surface area contributed by atoms with E-state index in [4.69, 9.17) is 14.7 Å². The van der Waals surface area contributed by atoms with Gasteiger partial charge >= 0.3 is 0 Å². The van der Waals surface area contributed by atoms with Gasteiger partial charge in [0.1, 0.15) is 6.61 Å². The van der Waals surface area contributed by atoms with Crippen LogP contribution < -0.4 is 15.1 Å². The van der Waals surface area contributed by atoms with Crippen LogP contribution in [0.5, 0.6) is 0 Å². The highest BCUT2D eigenvalue weighted by atomic mass is 16.5. The van der Waals surface area contributed by atoms with Crippen molar-refractivity contribution in [1.29, 1.82) is 5.26 Å². The molecular weight excluding hydrogens is 428 g/mol. The van der Waals surface area contributed by atoms with Crippen molar-refractivity contribution in [3.05, 3.63) is 54.1 Å². The number of aliphatic hydroxyl groups is 1. The first-order valence-electron chi connectivity index (χ1n) is 10.4. The molecule has 0 unspecified atom stereocenters. The Kier molecular flexibility index (Phi) is 6.65. The third kappa shape index (κ3) is 4.85. The molecule has 2 heterocycles. The average Bonchev–Trinajstić information content (AvgIpc) is 2.85. The highest BCUT2D eigenvalue weighted by Crippen LogP contribution is 2.25. The molecule has 2 saturated heterocycles. The molecule has 3 amide bonds. The molecule has 0 spiro atoms. The topological polar surface area (TPSA) is 132 Å². The fourth-order valence-corrected chi connectivity index (χ4v) is 3.67. The van der Waals surface area contributed by atoms with Crippen molar-refractivity contribution < 1.29 is 29.0 Å². The zero-order valence-electron chi connectivity index (χ0n) is 17.6. The van der Waals surface area contributed by atoms with Crippen LogP contribution in [-0.2, 0) is 23.9 Å². The zero-order valence-corrected chi connectivity index (χ0v) is 17.6. The van der Waals surface area contributed by atoms with Crippen LogP contribution in [0.15, 0.2) is 48.5 Å². The Morgan fingerprint density at radius 1 is 1.03 bits per heavy atom. The molecule has 2 aliphatic rings. The van der Waals surface area contributed by atoms with Crippen LogP contribution in [-0.4, -0.2) is 67.9 Å². The second-order valence-electron chi connectivity index (χ2n) is 7.52. The molecule has 0 bridgehead atoms. The summed E-state index contributed by atoms with van der Waals surface area (Å²) in [5, 5.41) is 21.9. The predicted octanol–water partition coefficient (Wildman–Crippen LogP) is 0.653. The number of ether oxygens (including phenoxy) is 2. The van der Waals surface area contributed by atoms with E-state index in [0.29, 0.717) is 35.8 Å². The molecule has 170 valence electrons. The smallest absolute Gasteiger partial charge is 0.259 e. The van der Waals surface area contributed by atoms with E-state index < -0.39 is 24.0 Å². The quantitative estimate of drug-likeness (QED) is 0.684. The first-order valence-corrected chi connectivity index (χ1v) is 10.4. The van der Waals surface area contributed by atoms with Crippen LogP contribution in [0, 0.1) is 11.3 Å². The number of hydrogen-bond acceptors (Lipinski definition) is 7.